The molecule has 1 aromatic heterocycles. The number of allylic oxidation sites excluding steroid dienone is 2. The quantitative estimate of drug-likeness (QED) is 0.0549. The number of benzene rings is 4. The monoisotopic (exact) mass is 882 g/mol. The lowest BCUT2D eigenvalue weighted by Crippen LogP contribution is -2.39. The molecule has 0 saturated carbocycles. The number of hydrogen-bond acceptors (Lipinski definition) is 13. The molecule has 0 amide bonds. The van der Waals surface area contributed by atoms with Gasteiger partial charge in [0.1, 0.15) is 39.5 Å². The number of aliphatic carboxylic acids is 2. The third-order valence-electron chi connectivity index (χ3n) is 9.96. The van der Waals surface area contributed by atoms with Crippen LogP contribution < -0.4 is 20.0 Å². The molecule has 2 aliphatic rings. The van der Waals surface area contributed by atoms with E-state index in [0.717, 1.165) is 24.2 Å². The molecular formula is C48H54N2O12S. The summed E-state index contributed by atoms with van der Waals surface area (Å²) < 4.78 is 17.8. The van der Waals surface area contributed by atoms with Crippen LogP contribution in [0.15, 0.2) is 110 Å². The summed E-state index contributed by atoms with van der Waals surface area (Å²) in [6, 6.07) is 23.4. The number of carboxylic acids is 2. The number of methoxy groups -OCH3 is 1. The minimum atomic E-state index is -2.27. The van der Waals surface area contributed by atoms with Crippen LogP contribution in [0.2, 0.25) is 0 Å². The van der Waals surface area contributed by atoms with Crippen LogP contribution in [0.3, 0.4) is 0 Å². The van der Waals surface area contributed by atoms with Crippen molar-refractivity contribution in [3.8, 4) is 34.1 Å². The zero-order valence-corrected chi connectivity index (χ0v) is 37.3. The topological polar surface area (TPSA) is 211 Å². The largest absolute Gasteiger partial charge is 0.508 e. The maximum atomic E-state index is 12.9. The van der Waals surface area contributed by atoms with Gasteiger partial charge in [0.2, 0.25) is 0 Å². The Balaban J connectivity index is 0.000000206. The summed E-state index contributed by atoms with van der Waals surface area (Å²) in [5.74, 6) is -2.14. The van der Waals surface area contributed by atoms with Crippen molar-refractivity contribution in [2.24, 2.45) is 5.92 Å². The number of fused-ring (bicyclic) bond motifs is 5. The molecule has 0 fully saturated rings. The number of phenolic OH excluding ortho intramolecular Hbond substituents is 1. The first-order chi connectivity index (χ1) is 29.7. The van der Waals surface area contributed by atoms with Crippen LogP contribution >= 0.6 is 11.8 Å². The third-order valence-corrected chi connectivity index (χ3v) is 11.1. The van der Waals surface area contributed by atoms with Crippen molar-refractivity contribution in [2.75, 3.05) is 39.2 Å². The molecule has 5 aromatic rings. The van der Waals surface area contributed by atoms with Crippen molar-refractivity contribution >= 4 is 52.1 Å². The predicted octanol–water partition coefficient (Wildman–Crippen LogP) is 7.94. The number of ether oxygens (including phenoxy) is 2. The number of hydrogen-bond donors (Lipinski definition) is 6. The van der Waals surface area contributed by atoms with Crippen LogP contribution in [0.5, 0.6) is 23.0 Å². The second-order valence-electron chi connectivity index (χ2n) is 16.2. The summed E-state index contributed by atoms with van der Waals surface area (Å²) in [4.78, 5) is 39.9. The van der Waals surface area contributed by atoms with Gasteiger partial charge in [0.25, 0.3) is 0 Å². The molecule has 15 heteroatoms. The fourth-order valence-electron chi connectivity index (χ4n) is 7.13. The third kappa shape index (κ3) is 11.2. The molecule has 2 aliphatic heterocycles. The maximum Gasteiger partial charge on any atom is 0.348 e. The van der Waals surface area contributed by atoms with Gasteiger partial charge in [-0.1, -0.05) is 66.7 Å². The highest BCUT2D eigenvalue weighted by Gasteiger charge is 2.33. The minimum absolute atomic E-state index is 0.00458. The molecule has 0 spiro atoms. The predicted molar refractivity (Wildman–Crippen MR) is 244 cm³/mol. The van der Waals surface area contributed by atoms with Gasteiger partial charge in [0, 0.05) is 28.4 Å². The SMILES string of the molecule is CC(CN(C)C)CN1c2ccccc2Sc2ccccc21.COc1c(CC=C(C)C)c2c(c3oc(=O)c(-c4ccc(O)cc4)c(O)c13)C=CC(C)(C)O2.O=C(O)C(O)C(O)C(=O)O. The van der Waals surface area contributed by atoms with Crippen LogP contribution in [0.25, 0.3) is 28.2 Å². The number of anilines is 2. The average Bonchev–Trinajstić information content (AvgIpc) is 3.22. The normalized spacial score (nSPS) is 14.6. The minimum Gasteiger partial charge on any atom is -0.508 e. The highest BCUT2D eigenvalue weighted by molar-refractivity contribution is 7.99. The molecule has 0 aliphatic carbocycles. The Morgan fingerprint density at radius 1 is 0.905 bits per heavy atom. The van der Waals surface area contributed by atoms with Gasteiger partial charge in [0.05, 0.1) is 24.0 Å². The molecule has 3 atom stereocenters. The standard InChI is InChI=1S/C26H26O6.C18H22N2S.C4H6O6/c1-14(2)6-11-17-22-18(12-13-26(3,4)32-22)24-20(23(17)30-5)21(28)19(25(29)31-24)15-7-9-16(27)10-8-15;1-14(12-19(2)3)13-20-15-8-4-6-10-17(15)21-18-11-7-5-9-16(18)20;5-1(3(7)8)2(6)4(9)10/h6-10,12-13,27-28H,11H2,1-5H3;4-11,14H,12-13H2,1-3H3;1-2,5-6H,(H,7,8)(H,9,10). The maximum absolute atomic E-state index is 12.9. The van der Waals surface area contributed by atoms with Gasteiger partial charge in [-0.3, -0.25) is 0 Å². The first-order valence-corrected chi connectivity index (χ1v) is 20.9. The number of para-hydroxylation sites is 2. The second kappa shape index (κ2) is 20.3. The average molecular weight is 883 g/mol. The molecule has 0 radical (unpaired) electrons. The van der Waals surface area contributed by atoms with Crippen molar-refractivity contribution in [3.05, 3.63) is 112 Å². The number of carboxylic acid groups (broad SMARTS) is 2. The highest BCUT2D eigenvalue weighted by Crippen LogP contribution is 2.50. The fraction of sp³-hybridized carbons (Fsp3) is 0.312. The Morgan fingerprint density at radius 3 is 1.97 bits per heavy atom. The van der Waals surface area contributed by atoms with Crippen molar-refractivity contribution in [3.63, 3.8) is 0 Å². The Bertz CT molecular complexity index is 2510. The molecule has 3 unspecified atom stereocenters. The number of carbonyl (C=O) groups is 2. The summed E-state index contributed by atoms with van der Waals surface area (Å²) in [6.07, 6.45) is 1.78. The van der Waals surface area contributed by atoms with E-state index in [1.807, 2.05) is 51.6 Å². The molecule has 334 valence electrons. The second-order valence-corrected chi connectivity index (χ2v) is 17.3. The Hall–Kier alpha value is -6.26. The zero-order valence-electron chi connectivity index (χ0n) is 36.4. The van der Waals surface area contributed by atoms with Crippen molar-refractivity contribution < 1.29 is 54.1 Å². The van der Waals surface area contributed by atoms with Crippen molar-refractivity contribution in [1.82, 2.24) is 4.90 Å². The Morgan fingerprint density at radius 2 is 1.46 bits per heavy atom. The molecule has 0 bridgehead atoms. The van der Waals surface area contributed by atoms with E-state index >= 15 is 0 Å². The number of aliphatic hydroxyl groups is 2. The van der Waals surface area contributed by atoms with Gasteiger partial charge in [-0.25, -0.2) is 14.4 Å². The van der Waals surface area contributed by atoms with Gasteiger partial charge >= 0.3 is 17.6 Å². The first kappa shape index (κ1) is 47.8. The number of rotatable bonds is 11. The van der Waals surface area contributed by atoms with Gasteiger partial charge in [-0.05, 0) is 108 Å². The molecule has 7 rings (SSSR count). The summed E-state index contributed by atoms with van der Waals surface area (Å²) in [7, 11) is 5.80. The molecule has 14 nitrogen and oxygen atoms in total. The molecule has 3 heterocycles. The van der Waals surface area contributed by atoms with E-state index in [1.165, 1.54) is 40.4 Å². The van der Waals surface area contributed by atoms with E-state index in [4.69, 9.17) is 34.3 Å². The van der Waals surface area contributed by atoms with E-state index in [9.17, 15) is 24.6 Å². The lowest BCUT2D eigenvalue weighted by Gasteiger charge is -2.35. The van der Waals surface area contributed by atoms with Crippen LogP contribution in [-0.2, 0) is 16.0 Å². The van der Waals surface area contributed by atoms with Crippen LogP contribution in [-0.4, -0.2) is 99.6 Å². The van der Waals surface area contributed by atoms with Crippen LogP contribution in [0, 0.1) is 5.92 Å². The van der Waals surface area contributed by atoms with E-state index in [2.05, 4.69) is 85.4 Å². The van der Waals surface area contributed by atoms with Gasteiger partial charge in [0.15, 0.2) is 17.8 Å². The molecule has 6 N–H and O–H groups in total. The van der Waals surface area contributed by atoms with E-state index in [0.29, 0.717) is 40.4 Å². The Kier molecular flexibility index (Phi) is 15.4. The van der Waals surface area contributed by atoms with Crippen molar-refractivity contribution in [2.45, 2.75) is 68.6 Å². The number of aliphatic hydroxyl groups excluding tert-OH is 2. The lowest BCUT2D eigenvalue weighted by molar-refractivity contribution is -0.165. The summed E-state index contributed by atoms with van der Waals surface area (Å²) in [5, 5.41) is 53.7. The summed E-state index contributed by atoms with van der Waals surface area (Å²) in [6.45, 7) is 12.4. The molecular weight excluding hydrogens is 829 g/mol. The van der Waals surface area contributed by atoms with E-state index in [-0.39, 0.29) is 22.6 Å². The van der Waals surface area contributed by atoms with Crippen molar-refractivity contribution in [1.29, 1.82) is 0 Å². The number of nitrogens with zero attached hydrogens (tertiary/aromatic N) is 2. The summed E-state index contributed by atoms with van der Waals surface area (Å²) >= 11 is 1.88. The molecule has 63 heavy (non-hydrogen) atoms. The van der Waals surface area contributed by atoms with E-state index in [1.54, 1.807) is 12.1 Å². The summed E-state index contributed by atoms with van der Waals surface area (Å²) in [5.41, 5.74) is 4.53. The molecule has 0 saturated heterocycles. The zero-order chi connectivity index (χ0) is 46.3. The number of aromatic hydroxyl groups is 2. The van der Waals surface area contributed by atoms with Gasteiger partial charge in [-0.15, -0.1) is 0 Å². The highest BCUT2D eigenvalue weighted by atomic mass is 32.2. The fourth-order valence-corrected chi connectivity index (χ4v) is 8.23. The lowest BCUT2D eigenvalue weighted by atomic mass is 9.93. The first-order valence-electron chi connectivity index (χ1n) is 20.1. The van der Waals surface area contributed by atoms with E-state index < -0.39 is 35.4 Å². The van der Waals surface area contributed by atoms with Gasteiger partial charge in [-0.2, -0.15) is 0 Å². The Labute approximate surface area is 369 Å². The number of phenols is 1. The smallest absolute Gasteiger partial charge is 0.348 e. The van der Waals surface area contributed by atoms with Crippen LogP contribution in [0.1, 0.15) is 45.7 Å². The van der Waals surface area contributed by atoms with Crippen LogP contribution in [0.4, 0.5) is 11.4 Å². The molecule has 4 aromatic carbocycles. The van der Waals surface area contributed by atoms with Gasteiger partial charge < -0.3 is 54.3 Å².